The molecule has 31 heavy (non-hydrogen) atoms. The number of nitrogens with one attached hydrogen (secondary N) is 3. The van der Waals surface area contributed by atoms with Crippen LogP contribution in [0.15, 0.2) is 34.9 Å². The summed E-state index contributed by atoms with van der Waals surface area (Å²) >= 11 is 0. The van der Waals surface area contributed by atoms with E-state index in [9.17, 15) is 0 Å². The molecule has 182 valence electrons. The highest BCUT2D eigenvalue weighted by Crippen LogP contribution is 2.11. The molecule has 0 aliphatic rings. The minimum atomic E-state index is 0.739. The van der Waals surface area contributed by atoms with Crippen molar-refractivity contribution >= 4 is 0 Å². The SMILES string of the molecule is CC(C)=CCC/C(C)=C/CC/C(C)=C/CNCCCCCNCCCCCNCCN. The second-order valence-electron chi connectivity index (χ2n) is 9.07. The van der Waals surface area contributed by atoms with Gasteiger partial charge in [-0.05, 0) is 105 Å². The van der Waals surface area contributed by atoms with Crippen LogP contribution in [0.2, 0.25) is 0 Å². The van der Waals surface area contributed by atoms with Gasteiger partial charge in [0.1, 0.15) is 0 Å². The van der Waals surface area contributed by atoms with Crippen molar-refractivity contribution in [2.45, 2.75) is 91.9 Å². The second-order valence-corrected chi connectivity index (χ2v) is 9.07. The Hall–Kier alpha value is -0.940. The highest BCUT2D eigenvalue weighted by atomic mass is 14.9. The molecule has 0 rings (SSSR count). The Morgan fingerprint density at radius 3 is 1.61 bits per heavy atom. The van der Waals surface area contributed by atoms with Crippen molar-refractivity contribution < 1.29 is 0 Å². The second kappa shape index (κ2) is 23.7. The molecular formula is C27H54N4. The highest BCUT2D eigenvalue weighted by Gasteiger charge is 1.94. The van der Waals surface area contributed by atoms with E-state index in [2.05, 4.69) is 61.9 Å². The number of allylic oxidation sites excluding steroid dienone is 5. The minimum absolute atomic E-state index is 0.739. The zero-order chi connectivity index (χ0) is 23.0. The molecule has 0 spiro atoms. The lowest BCUT2D eigenvalue weighted by atomic mass is 10.1. The van der Waals surface area contributed by atoms with Gasteiger partial charge >= 0.3 is 0 Å². The zero-order valence-electron chi connectivity index (χ0n) is 21.3. The smallest absolute Gasteiger partial charge is 0.0137 e. The molecule has 5 N–H and O–H groups in total. The average Bonchev–Trinajstić information content (AvgIpc) is 2.73. The van der Waals surface area contributed by atoms with Gasteiger partial charge in [0.2, 0.25) is 0 Å². The molecule has 0 saturated carbocycles. The van der Waals surface area contributed by atoms with Crippen molar-refractivity contribution in [3.63, 3.8) is 0 Å². The normalized spacial score (nSPS) is 12.4. The van der Waals surface area contributed by atoms with Gasteiger partial charge in [-0.25, -0.2) is 0 Å². The first kappa shape index (κ1) is 30.1. The lowest BCUT2D eigenvalue weighted by Crippen LogP contribution is -2.23. The predicted molar refractivity (Wildman–Crippen MR) is 141 cm³/mol. The van der Waals surface area contributed by atoms with Crippen LogP contribution in [0, 0.1) is 0 Å². The van der Waals surface area contributed by atoms with Crippen molar-refractivity contribution in [2.75, 3.05) is 45.8 Å². The molecule has 0 aromatic carbocycles. The summed E-state index contributed by atoms with van der Waals surface area (Å²) in [5.74, 6) is 0. The van der Waals surface area contributed by atoms with Gasteiger partial charge in [0.15, 0.2) is 0 Å². The molecule has 0 fully saturated rings. The van der Waals surface area contributed by atoms with Gasteiger partial charge in [0.05, 0.1) is 0 Å². The molecule has 4 nitrogen and oxygen atoms in total. The van der Waals surface area contributed by atoms with Gasteiger partial charge in [0.25, 0.3) is 0 Å². The first-order valence-electron chi connectivity index (χ1n) is 12.8. The summed E-state index contributed by atoms with van der Waals surface area (Å²) in [6, 6.07) is 0. The maximum atomic E-state index is 5.45. The van der Waals surface area contributed by atoms with Gasteiger partial charge in [-0.15, -0.1) is 0 Å². The molecule has 0 atom stereocenters. The van der Waals surface area contributed by atoms with Crippen molar-refractivity contribution in [1.82, 2.24) is 16.0 Å². The van der Waals surface area contributed by atoms with Crippen LogP contribution in [-0.2, 0) is 0 Å². The Balaban J connectivity index is 3.41. The summed E-state index contributed by atoms with van der Waals surface area (Å²) in [6.07, 6.45) is 19.5. The summed E-state index contributed by atoms with van der Waals surface area (Å²) in [7, 11) is 0. The molecule has 0 heterocycles. The van der Waals surface area contributed by atoms with E-state index < -0.39 is 0 Å². The van der Waals surface area contributed by atoms with Crippen LogP contribution < -0.4 is 21.7 Å². The first-order chi connectivity index (χ1) is 15.1. The summed E-state index contributed by atoms with van der Waals surface area (Å²) in [5, 5.41) is 10.5. The van der Waals surface area contributed by atoms with Crippen molar-refractivity contribution in [1.29, 1.82) is 0 Å². The summed E-state index contributed by atoms with van der Waals surface area (Å²) < 4.78 is 0. The summed E-state index contributed by atoms with van der Waals surface area (Å²) in [4.78, 5) is 0. The lowest BCUT2D eigenvalue weighted by molar-refractivity contribution is 0.550. The van der Waals surface area contributed by atoms with Crippen LogP contribution in [-0.4, -0.2) is 45.8 Å². The van der Waals surface area contributed by atoms with Crippen LogP contribution in [0.4, 0.5) is 0 Å². The van der Waals surface area contributed by atoms with E-state index >= 15 is 0 Å². The van der Waals surface area contributed by atoms with E-state index in [0.29, 0.717) is 0 Å². The molecule has 0 radical (unpaired) electrons. The van der Waals surface area contributed by atoms with E-state index in [4.69, 9.17) is 5.73 Å². The Morgan fingerprint density at radius 1 is 0.581 bits per heavy atom. The van der Waals surface area contributed by atoms with Crippen LogP contribution in [0.3, 0.4) is 0 Å². The molecular weight excluding hydrogens is 380 g/mol. The number of nitrogens with two attached hydrogens (primary N) is 1. The Labute approximate surface area is 194 Å². The van der Waals surface area contributed by atoms with Gasteiger partial charge in [-0.1, -0.05) is 47.8 Å². The zero-order valence-corrected chi connectivity index (χ0v) is 21.3. The van der Waals surface area contributed by atoms with E-state index in [1.54, 1.807) is 0 Å². The number of hydrogen-bond donors (Lipinski definition) is 4. The van der Waals surface area contributed by atoms with Crippen molar-refractivity contribution in [3.8, 4) is 0 Å². The van der Waals surface area contributed by atoms with Crippen molar-refractivity contribution in [3.05, 3.63) is 34.9 Å². The fourth-order valence-electron chi connectivity index (χ4n) is 3.39. The molecule has 0 unspecified atom stereocenters. The van der Waals surface area contributed by atoms with E-state index in [1.807, 2.05) is 0 Å². The molecule has 0 aromatic heterocycles. The average molecular weight is 435 g/mol. The van der Waals surface area contributed by atoms with Crippen LogP contribution in [0.1, 0.15) is 91.9 Å². The Kier molecular flexibility index (Phi) is 23.0. The molecule has 0 saturated heterocycles. The van der Waals surface area contributed by atoms with Crippen LogP contribution >= 0.6 is 0 Å². The maximum Gasteiger partial charge on any atom is 0.0137 e. The molecule has 0 aliphatic heterocycles. The van der Waals surface area contributed by atoms with Gasteiger partial charge < -0.3 is 21.7 Å². The highest BCUT2D eigenvalue weighted by molar-refractivity contribution is 5.05. The van der Waals surface area contributed by atoms with Gasteiger partial charge in [-0.3, -0.25) is 0 Å². The summed E-state index contributed by atoms with van der Waals surface area (Å²) in [6.45, 7) is 16.1. The molecule has 4 heteroatoms. The molecule has 0 aromatic rings. The van der Waals surface area contributed by atoms with Gasteiger partial charge in [-0.2, -0.15) is 0 Å². The predicted octanol–water partition coefficient (Wildman–Crippen LogP) is 5.47. The maximum absolute atomic E-state index is 5.45. The third-order valence-corrected chi connectivity index (χ3v) is 5.45. The van der Waals surface area contributed by atoms with Crippen LogP contribution in [0.25, 0.3) is 0 Å². The summed E-state index contributed by atoms with van der Waals surface area (Å²) in [5.41, 5.74) is 9.90. The van der Waals surface area contributed by atoms with E-state index in [1.165, 1.54) is 80.9 Å². The van der Waals surface area contributed by atoms with E-state index in [-0.39, 0.29) is 0 Å². The van der Waals surface area contributed by atoms with Crippen LogP contribution in [0.5, 0.6) is 0 Å². The molecule has 0 amide bonds. The molecule has 0 bridgehead atoms. The van der Waals surface area contributed by atoms with Crippen molar-refractivity contribution in [2.24, 2.45) is 5.73 Å². The third-order valence-electron chi connectivity index (χ3n) is 5.45. The number of unbranched alkanes of at least 4 members (excludes halogenated alkanes) is 4. The standard InChI is InChI=1S/C27H54N4/c1-25(2)13-11-14-26(3)15-12-16-27(4)17-23-30-21-9-5-7-19-29-20-8-6-10-22-31-24-18-28/h13,15,17,29-31H,5-12,14,16,18-24,28H2,1-4H3/b26-15+,27-17+. The van der Waals surface area contributed by atoms with E-state index in [0.717, 1.165) is 45.8 Å². The topological polar surface area (TPSA) is 62.1 Å². The lowest BCUT2D eigenvalue weighted by Gasteiger charge is -2.06. The molecule has 0 aliphatic carbocycles. The quantitative estimate of drug-likeness (QED) is 0.135. The fraction of sp³-hybridized carbons (Fsp3) is 0.778. The fourth-order valence-corrected chi connectivity index (χ4v) is 3.39. The van der Waals surface area contributed by atoms with Gasteiger partial charge in [0, 0.05) is 19.6 Å². The monoisotopic (exact) mass is 434 g/mol. The third kappa shape index (κ3) is 25.2. The minimum Gasteiger partial charge on any atom is -0.329 e. The Morgan fingerprint density at radius 2 is 1.06 bits per heavy atom. The Bertz CT molecular complexity index is 476. The number of hydrogen-bond acceptors (Lipinski definition) is 4. The number of rotatable bonds is 22. The largest absolute Gasteiger partial charge is 0.329 e. The first-order valence-corrected chi connectivity index (χ1v) is 12.8.